The quantitative estimate of drug-likeness (QED) is 0.382. The average Bonchev–Trinajstić information content (AvgIpc) is 3.41. The van der Waals surface area contributed by atoms with Crippen molar-refractivity contribution in [3.05, 3.63) is 68.8 Å². The number of carbonyl (C=O) groups excluding carboxylic acids is 1. The number of nitrogens with zero attached hydrogens (tertiary/aromatic N) is 1. The molecule has 212 valence electrons. The highest BCUT2D eigenvalue weighted by atomic mass is 16.7. The summed E-state index contributed by atoms with van der Waals surface area (Å²) in [5, 5.41) is 23.7. The summed E-state index contributed by atoms with van der Waals surface area (Å²) in [5.41, 5.74) is 1.91. The number of benzene rings is 2. The second-order valence-electron chi connectivity index (χ2n) is 9.89. The molecule has 2 aliphatic rings. The van der Waals surface area contributed by atoms with Crippen molar-refractivity contribution >= 4 is 5.91 Å². The number of amides is 1. The molecule has 3 N–H and O–H groups in total. The first kappa shape index (κ1) is 27.2. The van der Waals surface area contributed by atoms with Crippen LogP contribution in [0.2, 0.25) is 0 Å². The molecule has 1 aromatic heterocycles. The molecule has 0 fully saturated rings. The van der Waals surface area contributed by atoms with Gasteiger partial charge in [0.2, 0.25) is 29.6 Å². The van der Waals surface area contributed by atoms with Gasteiger partial charge in [0.1, 0.15) is 5.76 Å². The van der Waals surface area contributed by atoms with Crippen molar-refractivity contribution in [3.8, 4) is 34.5 Å². The molecule has 0 unspecified atom stereocenters. The molecule has 0 bridgehead atoms. The maximum atomic E-state index is 13.4. The van der Waals surface area contributed by atoms with E-state index in [9.17, 15) is 19.8 Å². The van der Waals surface area contributed by atoms with Crippen LogP contribution in [0.1, 0.15) is 46.6 Å². The molecule has 0 saturated heterocycles. The lowest BCUT2D eigenvalue weighted by Gasteiger charge is -2.36. The van der Waals surface area contributed by atoms with Crippen LogP contribution in [0.25, 0.3) is 0 Å². The van der Waals surface area contributed by atoms with Gasteiger partial charge >= 0.3 is 0 Å². The van der Waals surface area contributed by atoms with Crippen molar-refractivity contribution in [1.82, 2.24) is 10.2 Å². The lowest BCUT2D eigenvalue weighted by Crippen LogP contribution is -2.40. The van der Waals surface area contributed by atoms with Crippen molar-refractivity contribution in [1.29, 1.82) is 0 Å². The molecule has 2 atom stereocenters. The molecule has 5 rings (SSSR count). The maximum Gasteiger partial charge on any atom is 0.231 e. The lowest BCUT2D eigenvalue weighted by molar-refractivity contribution is -0.121. The van der Waals surface area contributed by atoms with Crippen LogP contribution in [-0.4, -0.2) is 62.2 Å². The molecule has 0 spiro atoms. The van der Waals surface area contributed by atoms with Gasteiger partial charge < -0.3 is 38.9 Å². The van der Waals surface area contributed by atoms with Crippen molar-refractivity contribution in [3.63, 3.8) is 0 Å². The fourth-order valence-corrected chi connectivity index (χ4v) is 5.39. The fraction of sp³-hybridized carbons (Fsp3) is 0.379. The van der Waals surface area contributed by atoms with E-state index in [1.54, 1.807) is 26.2 Å². The third-order valence-electron chi connectivity index (χ3n) is 7.42. The summed E-state index contributed by atoms with van der Waals surface area (Å²) in [5.74, 6) is 0.411. The molecule has 0 radical (unpaired) electrons. The minimum absolute atomic E-state index is 0.0394. The summed E-state index contributed by atoms with van der Waals surface area (Å²) in [6, 6.07) is 7.52. The Kier molecular flexibility index (Phi) is 7.49. The monoisotopic (exact) mass is 552 g/mol. The van der Waals surface area contributed by atoms with Crippen LogP contribution < -0.4 is 29.7 Å². The first-order chi connectivity index (χ1) is 19.2. The van der Waals surface area contributed by atoms with E-state index in [0.29, 0.717) is 28.6 Å². The van der Waals surface area contributed by atoms with Crippen LogP contribution in [-0.2, 0) is 11.2 Å². The van der Waals surface area contributed by atoms with Crippen LogP contribution in [0.4, 0.5) is 0 Å². The zero-order valence-electron chi connectivity index (χ0n) is 22.8. The summed E-state index contributed by atoms with van der Waals surface area (Å²) in [7, 11) is 4.97. The Morgan fingerprint density at radius 1 is 1.18 bits per heavy atom. The topological polar surface area (TPSA) is 140 Å². The predicted octanol–water partition coefficient (Wildman–Crippen LogP) is 2.97. The number of methoxy groups -OCH3 is 2. The van der Waals surface area contributed by atoms with E-state index in [-0.39, 0.29) is 49.0 Å². The van der Waals surface area contributed by atoms with Gasteiger partial charge in [-0.3, -0.25) is 14.5 Å². The molecule has 11 nitrogen and oxygen atoms in total. The summed E-state index contributed by atoms with van der Waals surface area (Å²) in [6.45, 7) is 2.76. The number of fused-ring (bicyclic) bond motifs is 2. The first-order valence-electron chi connectivity index (χ1n) is 12.9. The van der Waals surface area contributed by atoms with Crippen LogP contribution in [0.15, 0.2) is 39.5 Å². The molecule has 3 aromatic rings. The number of phenols is 1. The largest absolute Gasteiger partial charge is 0.504 e. The van der Waals surface area contributed by atoms with E-state index in [4.69, 9.17) is 23.4 Å². The Morgan fingerprint density at radius 3 is 2.73 bits per heavy atom. The molecule has 40 heavy (non-hydrogen) atoms. The second-order valence-corrected chi connectivity index (χ2v) is 9.89. The normalized spacial score (nSPS) is 16.8. The average molecular weight is 553 g/mol. The van der Waals surface area contributed by atoms with Gasteiger partial charge in [0, 0.05) is 31.1 Å². The number of phenolic OH excluding ortho intramolecular Hbond substituents is 1. The van der Waals surface area contributed by atoms with E-state index in [0.717, 1.165) is 24.1 Å². The van der Waals surface area contributed by atoms with Crippen molar-refractivity contribution < 1.29 is 38.4 Å². The smallest absolute Gasteiger partial charge is 0.231 e. The lowest BCUT2D eigenvalue weighted by atomic mass is 9.90. The molecule has 1 amide bonds. The molecule has 0 saturated carbocycles. The summed E-state index contributed by atoms with van der Waals surface area (Å²) in [4.78, 5) is 27.9. The number of aryl methyl sites for hydroxylation is 1. The Labute approximate surface area is 230 Å². The highest BCUT2D eigenvalue weighted by Crippen LogP contribution is 2.49. The van der Waals surface area contributed by atoms with Crippen molar-refractivity contribution in [2.75, 3.05) is 41.1 Å². The minimum Gasteiger partial charge on any atom is -0.504 e. The fourth-order valence-electron chi connectivity index (χ4n) is 5.39. The van der Waals surface area contributed by atoms with Gasteiger partial charge in [-0.15, -0.1) is 0 Å². The Hall–Kier alpha value is -4.38. The minimum atomic E-state index is -0.832. The number of rotatable bonds is 8. The number of nitrogens with one attached hydrogen (secondary N) is 1. The van der Waals surface area contributed by atoms with Crippen molar-refractivity contribution in [2.24, 2.45) is 0 Å². The molecule has 2 aliphatic heterocycles. The van der Waals surface area contributed by atoms with Crippen LogP contribution in [0.3, 0.4) is 0 Å². The zero-order chi connectivity index (χ0) is 28.6. The number of ether oxygens (including phenoxy) is 4. The van der Waals surface area contributed by atoms with Gasteiger partial charge in [0.15, 0.2) is 28.8 Å². The third kappa shape index (κ3) is 5.00. The molecular formula is C29H32N2O9. The van der Waals surface area contributed by atoms with Crippen molar-refractivity contribution in [2.45, 2.75) is 31.7 Å². The Bertz CT molecular complexity index is 1500. The predicted molar refractivity (Wildman–Crippen MR) is 144 cm³/mol. The summed E-state index contributed by atoms with van der Waals surface area (Å²) < 4.78 is 28.0. The van der Waals surface area contributed by atoms with E-state index in [1.165, 1.54) is 19.2 Å². The standard InChI is InChI=1S/C29H32N2O9/c1-15-9-21(33)26(35)27(40-15)18(16-5-6-20(32)22(10-16)36-3)12-24(34)30-13-19-25-17(7-8-31(19)2)11-23-28(29(25)37-4)39-14-38-23/h5-6,9-11,18-19,32,35H,7-8,12-14H2,1-4H3,(H,30,34)/t18-,19+/m0/s1. The molecule has 3 heterocycles. The van der Waals surface area contributed by atoms with E-state index >= 15 is 0 Å². The van der Waals surface area contributed by atoms with Gasteiger partial charge in [-0.2, -0.15) is 0 Å². The van der Waals surface area contributed by atoms with Crippen LogP contribution in [0.5, 0.6) is 34.5 Å². The van der Waals surface area contributed by atoms with Gasteiger partial charge in [0.05, 0.1) is 26.2 Å². The second kappa shape index (κ2) is 11.0. The molecular weight excluding hydrogens is 520 g/mol. The van der Waals surface area contributed by atoms with Crippen LogP contribution in [0, 0.1) is 6.92 Å². The summed E-state index contributed by atoms with van der Waals surface area (Å²) in [6.07, 6.45) is 0.648. The van der Waals surface area contributed by atoms with Gasteiger partial charge in [-0.25, -0.2) is 0 Å². The molecule has 2 aromatic carbocycles. The number of likely N-dealkylation sites (N-methyl/N-ethyl adjacent to an activating group) is 1. The van der Waals surface area contributed by atoms with E-state index in [1.807, 2.05) is 13.1 Å². The zero-order valence-corrected chi connectivity index (χ0v) is 22.8. The Morgan fingerprint density at radius 2 is 1.98 bits per heavy atom. The highest BCUT2D eigenvalue weighted by molar-refractivity contribution is 5.78. The third-order valence-corrected chi connectivity index (χ3v) is 7.42. The number of aromatic hydroxyl groups is 2. The highest BCUT2D eigenvalue weighted by Gasteiger charge is 2.34. The maximum absolute atomic E-state index is 13.4. The Balaban J connectivity index is 1.43. The number of carbonyl (C=O) groups is 1. The number of hydrogen-bond donors (Lipinski definition) is 3. The van der Waals surface area contributed by atoms with Crippen LogP contribution >= 0.6 is 0 Å². The molecule has 11 heteroatoms. The van der Waals surface area contributed by atoms with Gasteiger partial charge in [-0.1, -0.05) is 6.07 Å². The van der Waals surface area contributed by atoms with Gasteiger partial charge in [-0.05, 0) is 49.7 Å². The van der Waals surface area contributed by atoms with Gasteiger partial charge in [0.25, 0.3) is 0 Å². The molecule has 0 aliphatic carbocycles. The first-order valence-corrected chi connectivity index (χ1v) is 12.9. The number of hydrogen-bond acceptors (Lipinski definition) is 10. The van der Waals surface area contributed by atoms with E-state index in [2.05, 4.69) is 10.2 Å². The summed E-state index contributed by atoms with van der Waals surface area (Å²) >= 11 is 0. The van der Waals surface area contributed by atoms with E-state index < -0.39 is 17.1 Å². The SMILES string of the molecule is COc1cc([C@H](CC(=O)NC[C@@H]2c3c(cc4c(c3OC)OCO4)CCN2C)c2oc(C)cc(=O)c2O)ccc1O.